The summed E-state index contributed by atoms with van der Waals surface area (Å²) < 4.78 is 0. The van der Waals surface area contributed by atoms with Gasteiger partial charge < -0.3 is 10.6 Å². The molecule has 0 unspecified atom stereocenters. The minimum atomic E-state index is -0.167. The number of nitrogens with one attached hydrogen (secondary N) is 2. The molecule has 1 aromatic carbocycles. The Morgan fingerprint density at radius 2 is 2.25 bits per heavy atom. The zero-order valence-electron chi connectivity index (χ0n) is 13.5. The van der Waals surface area contributed by atoms with Crippen LogP contribution in [0.3, 0.4) is 0 Å². The molecule has 3 amide bonds. The first-order valence-electron chi connectivity index (χ1n) is 7.84. The number of rotatable bonds is 5. The Morgan fingerprint density at radius 3 is 2.96 bits per heavy atom. The Labute approximate surface area is 140 Å². The van der Waals surface area contributed by atoms with Gasteiger partial charge in [0.05, 0.1) is 5.69 Å². The van der Waals surface area contributed by atoms with E-state index >= 15 is 0 Å². The van der Waals surface area contributed by atoms with Crippen LogP contribution in [0.1, 0.15) is 21.6 Å². The smallest absolute Gasteiger partial charge is 0.322 e. The van der Waals surface area contributed by atoms with E-state index in [1.807, 2.05) is 13.0 Å². The number of hydrogen-bond donors (Lipinski definition) is 2. The average molecular weight is 325 g/mol. The Hall–Kier alpha value is -2.96. The lowest BCUT2D eigenvalue weighted by Gasteiger charge is -2.18. The van der Waals surface area contributed by atoms with Crippen LogP contribution in [0.5, 0.6) is 0 Å². The summed E-state index contributed by atoms with van der Waals surface area (Å²) in [5.41, 5.74) is 3.10. The fourth-order valence-electron chi connectivity index (χ4n) is 2.61. The molecule has 0 radical (unpaired) electrons. The van der Waals surface area contributed by atoms with Gasteiger partial charge in [-0.2, -0.15) is 0 Å². The minimum Gasteiger partial charge on any atom is -0.352 e. The molecule has 3 rings (SSSR count). The summed E-state index contributed by atoms with van der Waals surface area (Å²) in [7, 11) is 0. The van der Waals surface area contributed by atoms with Crippen LogP contribution in [-0.4, -0.2) is 41.5 Å². The number of benzene rings is 1. The lowest BCUT2D eigenvalue weighted by Crippen LogP contribution is -2.29. The van der Waals surface area contributed by atoms with E-state index in [0.29, 0.717) is 31.6 Å². The molecule has 0 bridgehead atoms. The van der Waals surface area contributed by atoms with Gasteiger partial charge >= 0.3 is 6.03 Å². The number of carbonyl (C=O) groups excluding carboxylic acids is 2. The standard InChI is InChI=1S/C17H19N5O2/c1-12-2-3-13(10-15(12)22-9-8-21-17(22)24)16(23)20-5-4-14-11-18-6-7-19-14/h2-3,6-7,10-11H,4-5,8-9H2,1H3,(H,20,23)(H,21,24). The van der Waals surface area contributed by atoms with Crippen molar-refractivity contribution in [1.82, 2.24) is 20.6 Å². The van der Waals surface area contributed by atoms with E-state index in [1.165, 1.54) is 0 Å². The number of aryl methyl sites for hydroxylation is 1. The van der Waals surface area contributed by atoms with Crippen molar-refractivity contribution in [3.05, 3.63) is 53.6 Å². The van der Waals surface area contributed by atoms with E-state index in [4.69, 9.17) is 0 Å². The summed E-state index contributed by atoms with van der Waals surface area (Å²) in [4.78, 5) is 34.0. The van der Waals surface area contributed by atoms with Crippen molar-refractivity contribution in [3.63, 3.8) is 0 Å². The monoisotopic (exact) mass is 325 g/mol. The number of carbonyl (C=O) groups is 2. The predicted octanol–water partition coefficient (Wildman–Crippen LogP) is 1.29. The second kappa shape index (κ2) is 7.08. The normalized spacial score (nSPS) is 13.7. The van der Waals surface area contributed by atoms with Gasteiger partial charge in [0.2, 0.25) is 0 Å². The summed E-state index contributed by atoms with van der Waals surface area (Å²) in [5, 5.41) is 5.64. The third-order valence-corrected chi connectivity index (χ3v) is 3.90. The minimum absolute atomic E-state index is 0.127. The molecule has 1 aromatic heterocycles. The van der Waals surface area contributed by atoms with Crippen LogP contribution >= 0.6 is 0 Å². The Balaban J connectivity index is 1.65. The van der Waals surface area contributed by atoms with Crippen molar-refractivity contribution in [2.24, 2.45) is 0 Å². The quantitative estimate of drug-likeness (QED) is 0.867. The van der Waals surface area contributed by atoms with Gasteiger partial charge in [-0.3, -0.25) is 19.7 Å². The van der Waals surface area contributed by atoms with E-state index in [9.17, 15) is 9.59 Å². The molecule has 1 aliphatic rings. The SMILES string of the molecule is Cc1ccc(C(=O)NCCc2cnccn2)cc1N1CCNC1=O. The maximum Gasteiger partial charge on any atom is 0.322 e. The number of amides is 3. The van der Waals surface area contributed by atoms with Crippen molar-refractivity contribution in [1.29, 1.82) is 0 Å². The van der Waals surface area contributed by atoms with Crippen LogP contribution in [0.15, 0.2) is 36.8 Å². The molecule has 1 saturated heterocycles. The molecule has 7 heteroatoms. The van der Waals surface area contributed by atoms with Crippen LogP contribution in [0, 0.1) is 6.92 Å². The van der Waals surface area contributed by atoms with Crippen LogP contribution in [0.4, 0.5) is 10.5 Å². The molecule has 0 saturated carbocycles. The number of hydrogen-bond acceptors (Lipinski definition) is 4. The molecule has 0 spiro atoms. The van der Waals surface area contributed by atoms with E-state index in [-0.39, 0.29) is 11.9 Å². The first-order valence-corrected chi connectivity index (χ1v) is 7.84. The molecule has 0 aliphatic carbocycles. The fourth-order valence-corrected chi connectivity index (χ4v) is 2.61. The van der Waals surface area contributed by atoms with Crippen molar-refractivity contribution in [2.75, 3.05) is 24.5 Å². The second-order valence-corrected chi connectivity index (χ2v) is 5.59. The Morgan fingerprint density at radius 1 is 1.38 bits per heavy atom. The van der Waals surface area contributed by atoms with Crippen molar-refractivity contribution in [3.8, 4) is 0 Å². The first kappa shape index (κ1) is 15.9. The average Bonchev–Trinajstić information content (AvgIpc) is 3.02. The van der Waals surface area contributed by atoms with Crippen molar-refractivity contribution >= 4 is 17.6 Å². The highest BCUT2D eigenvalue weighted by atomic mass is 16.2. The lowest BCUT2D eigenvalue weighted by atomic mass is 10.1. The van der Waals surface area contributed by atoms with E-state index in [2.05, 4.69) is 20.6 Å². The number of aromatic nitrogens is 2. The zero-order valence-corrected chi connectivity index (χ0v) is 13.5. The van der Waals surface area contributed by atoms with Gasteiger partial charge in [0.25, 0.3) is 5.91 Å². The van der Waals surface area contributed by atoms with Crippen molar-refractivity contribution < 1.29 is 9.59 Å². The lowest BCUT2D eigenvalue weighted by molar-refractivity contribution is 0.0954. The largest absolute Gasteiger partial charge is 0.352 e. The number of anilines is 1. The van der Waals surface area contributed by atoms with Crippen molar-refractivity contribution in [2.45, 2.75) is 13.3 Å². The number of urea groups is 1. The molecule has 2 aromatic rings. The van der Waals surface area contributed by atoms with Crippen LogP contribution < -0.4 is 15.5 Å². The summed E-state index contributed by atoms with van der Waals surface area (Å²) in [6.45, 7) is 3.63. The summed E-state index contributed by atoms with van der Waals surface area (Å²) in [6.07, 6.45) is 5.55. The highest BCUT2D eigenvalue weighted by Crippen LogP contribution is 2.23. The van der Waals surface area contributed by atoms with Crippen LogP contribution in [-0.2, 0) is 6.42 Å². The van der Waals surface area contributed by atoms with Gasteiger partial charge in [-0.25, -0.2) is 4.79 Å². The molecule has 0 atom stereocenters. The summed E-state index contributed by atoms with van der Waals surface area (Å²) in [6, 6.07) is 5.26. The van der Waals surface area contributed by atoms with Gasteiger partial charge in [-0.05, 0) is 24.6 Å². The van der Waals surface area contributed by atoms with Gasteiger partial charge in [0.1, 0.15) is 0 Å². The third kappa shape index (κ3) is 3.51. The Bertz CT molecular complexity index is 748. The molecule has 2 heterocycles. The zero-order chi connectivity index (χ0) is 16.9. The third-order valence-electron chi connectivity index (χ3n) is 3.90. The molecule has 7 nitrogen and oxygen atoms in total. The molecular formula is C17H19N5O2. The number of nitrogens with zero attached hydrogens (tertiary/aromatic N) is 3. The fraction of sp³-hybridized carbons (Fsp3) is 0.294. The van der Waals surface area contributed by atoms with Crippen LogP contribution in [0.2, 0.25) is 0 Å². The maximum atomic E-state index is 12.3. The molecule has 24 heavy (non-hydrogen) atoms. The Kier molecular flexibility index (Phi) is 4.69. The maximum absolute atomic E-state index is 12.3. The topological polar surface area (TPSA) is 87.2 Å². The van der Waals surface area contributed by atoms with Gasteiger partial charge in [-0.15, -0.1) is 0 Å². The van der Waals surface area contributed by atoms with Crippen LogP contribution in [0.25, 0.3) is 0 Å². The van der Waals surface area contributed by atoms with E-state index in [0.717, 1.165) is 16.9 Å². The van der Waals surface area contributed by atoms with E-state index in [1.54, 1.807) is 35.6 Å². The van der Waals surface area contributed by atoms with E-state index < -0.39 is 0 Å². The predicted molar refractivity (Wildman–Crippen MR) is 90.0 cm³/mol. The highest BCUT2D eigenvalue weighted by molar-refractivity contribution is 5.99. The second-order valence-electron chi connectivity index (χ2n) is 5.59. The van der Waals surface area contributed by atoms with Gasteiger partial charge in [0.15, 0.2) is 0 Å². The summed E-state index contributed by atoms with van der Waals surface area (Å²) >= 11 is 0. The molecule has 1 aliphatic heterocycles. The molecular weight excluding hydrogens is 306 g/mol. The first-order chi connectivity index (χ1) is 11.6. The molecule has 124 valence electrons. The summed E-state index contributed by atoms with van der Waals surface area (Å²) in [5.74, 6) is -0.167. The highest BCUT2D eigenvalue weighted by Gasteiger charge is 2.23. The van der Waals surface area contributed by atoms with Gasteiger partial charge in [0, 0.05) is 55.9 Å². The van der Waals surface area contributed by atoms with Gasteiger partial charge in [-0.1, -0.05) is 6.07 Å². The molecule has 2 N–H and O–H groups in total. The molecule has 1 fully saturated rings.